The molecule has 2 unspecified atom stereocenters. The van der Waals surface area contributed by atoms with Crippen molar-refractivity contribution in [2.75, 3.05) is 32.8 Å². The Hall–Kier alpha value is -0.260. The molecular formula is C16H32F2N2O. The quantitative estimate of drug-likeness (QED) is 0.687. The molecule has 5 heteroatoms. The lowest BCUT2D eigenvalue weighted by atomic mass is 9.67. The third kappa shape index (κ3) is 6.17. The van der Waals surface area contributed by atoms with Gasteiger partial charge >= 0.3 is 0 Å². The molecule has 0 saturated heterocycles. The Balaban J connectivity index is 2.70. The van der Waals surface area contributed by atoms with Crippen molar-refractivity contribution in [3.8, 4) is 0 Å². The number of rotatable bonds is 9. The fraction of sp³-hybridized carbons (Fsp3) is 1.00. The Kier molecular flexibility index (Phi) is 8.06. The monoisotopic (exact) mass is 306 g/mol. The van der Waals surface area contributed by atoms with Crippen molar-refractivity contribution >= 4 is 0 Å². The van der Waals surface area contributed by atoms with Crippen LogP contribution in [0.3, 0.4) is 0 Å². The Labute approximate surface area is 128 Å². The van der Waals surface area contributed by atoms with E-state index in [1.165, 1.54) is 6.42 Å². The van der Waals surface area contributed by atoms with E-state index in [1.807, 2.05) is 0 Å². The smallest absolute Gasteiger partial charge is 0.251 e. The molecule has 0 radical (unpaired) electrons. The predicted octanol–water partition coefficient (Wildman–Crippen LogP) is 2.74. The zero-order valence-electron chi connectivity index (χ0n) is 13.7. The van der Waals surface area contributed by atoms with Gasteiger partial charge < -0.3 is 10.4 Å². The van der Waals surface area contributed by atoms with E-state index >= 15 is 0 Å². The van der Waals surface area contributed by atoms with Gasteiger partial charge in [-0.15, -0.1) is 0 Å². The third-order valence-corrected chi connectivity index (χ3v) is 4.63. The van der Waals surface area contributed by atoms with Crippen LogP contribution in [-0.4, -0.2) is 55.3 Å². The second-order valence-electron chi connectivity index (χ2n) is 6.95. The predicted molar refractivity (Wildman–Crippen MR) is 82.7 cm³/mol. The lowest BCUT2D eigenvalue weighted by molar-refractivity contribution is 0.0392. The van der Waals surface area contributed by atoms with Crippen molar-refractivity contribution in [1.29, 1.82) is 0 Å². The van der Waals surface area contributed by atoms with E-state index in [0.717, 1.165) is 25.8 Å². The van der Waals surface area contributed by atoms with Gasteiger partial charge in [0.2, 0.25) is 0 Å². The molecule has 1 rings (SSSR count). The maximum Gasteiger partial charge on any atom is 0.251 e. The zero-order chi connectivity index (χ0) is 15.9. The van der Waals surface area contributed by atoms with Crippen molar-refractivity contribution in [1.82, 2.24) is 10.2 Å². The summed E-state index contributed by atoms with van der Waals surface area (Å²) in [6.07, 6.45) is 2.16. The van der Waals surface area contributed by atoms with Gasteiger partial charge in [-0.05, 0) is 37.1 Å². The summed E-state index contributed by atoms with van der Waals surface area (Å²) in [6.45, 7) is 8.35. The Morgan fingerprint density at radius 2 is 2.10 bits per heavy atom. The summed E-state index contributed by atoms with van der Waals surface area (Å²) >= 11 is 0. The van der Waals surface area contributed by atoms with Gasteiger partial charge in [0.05, 0.1) is 13.2 Å². The zero-order valence-corrected chi connectivity index (χ0v) is 13.7. The molecule has 0 aliphatic heterocycles. The topological polar surface area (TPSA) is 35.5 Å². The Morgan fingerprint density at radius 1 is 1.38 bits per heavy atom. The van der Waals surface area contributed by atoms with E-state index in [9.17, 15) is 8.78 Å². The number of alkyl halides is 2. The van der Waals surface area contributed by atoms with E-state index < -0.39 is 6.43 Å². The minimum Gasteiger partial charge on any atom is -0.395 e. The molecule has 0 aromatic rings. The first-order valence-electron chi connectivity index (χ1n) is 8.25. The van der Waals surface area contributed by atoms with Crippen molar-refractivity contribution < 1.29 is 13.9 Å². The molecule has 0 aromatic carbocycles. The molecule has 1 fully saturated rings. The molecule has 2 atom stereocenters. The summed E-state index contributed by atoms with van der Waals surface area (Å²) in [5, 5.41) is 12.7. The number of aliphatic hydroxyl groups is 1. The molecule has 3 nitrogen and oxygen atoms in total. The molecule has 1 saturated carbocycles. The normalized spacial score (nSPS) is 25.7. The molecule has 126 valence electrons. The highest BCUT2D eigenvalue weighted by atomic mass is 19.3. The number of hydrogen-bond donors (Lipinski definition) is 2. The standard InChI is InChI=1S/C16H32F2N2O/c1-4-8-19-15-13(6-5-7-16(15,2)3)11-20(9-10-21)12-14(17)18/h13-15,19,21H,4-12H2,1-3H3. The lowest BCUT2D eigenvalue weighted by Gasteiger charge is -2.46. The van der Waals surface area contributed by atoms with Crippen molar-refractivity contribution in [2.45, 2.75) is 58.9 Å². The molecule has 0 aromatic heterocycles. The van der Waals surface area contributed by atoms with E-state index in [0.29, 0.717) is 25.0 Å². The van der Waals surface area contributed by atoms with Crippen LogP contribution in [0.2, 0.25) is 0 Å². The minimum absolute atomic E-state index is 0.0596. The van der Waals surface area contributed by atoms with Crippen LogP contribution in [0.1, 0.15) is 46.5 Å². The average Bonchev–Trinajstić information content (AvgIpc) is 2.37. The first kappa shape index (κ1) is 18.8. The van der Waals surface area contributed by atoms with Crippen LogP contribution in [0.4, 0.5) is 8.78 Å². The summed E-state index contributed by atoms with van der Waals surface area (Å²) < 4.78 is 25.4. The molecule has 0 heterocycles. The van der Waals surface area contributed by atoms with E-state index in [1.54, 1.807) is 4.90 Å². The minimum atomic E-state index is -2.34. The summed E-state index contributed by atoms with van der Waals surface area (Å²) in [5.74, 6) is 0.380. The van der Waals surface area contributed by atoms with Crippen LogP contribution >= 0.6 is 0 Å². The van der Waals surface area contributed by atoms with Gasteiger partial charge in [0, 0.05) is 19.1 Å². The maximum absolute atomic E-state index is 12.7. The van der Waals surface area contributed by atoms with Gasteiger partial charge in [-0.3, -0.25) is 4.90 Å². The van der Waals surface area contributed by atoms with Crippen LogP contribution in [0.5, 0.6) is 0 Å². The second kappa shape index (κ2) is 9.01. The highest BCUT2D eigenvalue weighted by molar-refractivity contribution is 4.94. The summed E-state index contributed by atoms with van der Waals surface area (Å²) in [5.41, 5.74) is 0.202. The average molecular weight is 306 g/mol. The summed E-state index contributed by atoms with van der Waals surface area (Å²) in [6, 6.07) is 0.366. The molecule has 0 spiro atoms. The molecule has 1 aliphatic rings. The van der Waals surface area contributed by atoms with Gasteiger partial charge in [-0.2, -0.15) is 0 Å². The Morgan fingerprint density at radius 3 is 2.67 bits per heavy atom. The van der Waals surface area contributed by atoms with Gasteiger partial charge in [0.1, 0.15) is 0 Å². The van der Waals surface area contributed by atoms with Gasteiger partial charge in [-0.1, -0.05) is 27.2 Å². The first-order valence-corrected chi connectivity index (χ1v) is 8.25. The largest absolute Gasteiger partial charge is 0.395 e. The SMILES string of the molecule is CCCNC1C(CN(CCO)CC(F)F)CCCC1(C)C. The van der Waals surface area contributed by atoms with E-state index in [2.05, 4.69) is 26.1 Å². The van der Waals surface area contributed by atoms with Crippen molar-refractivity contribution in [3.05, 3.63) is 0 Å². The van der Waals surface area contributed by atoms with E-state index in [4.69, 9.17) is 5.11 Å². The van der Waals surface area contributed by atoms with E-state index in [-0.39, 0.29) is 18.6 Å². The molecular weight excluding hydrogens is 274 g/mol. The fourth-order valence-electron chi connectivity index (χ4n) is 3.64. The summed E-state index contributed by atoms with van der Waals surface area (Å²) in [7, 11) is 0. The maximum atomic E-state index is 12.7. The second-order valence-corrected chi connectivity index (χ2v) is 6.95. The molecule has 1 aliphatic carbocycles. The van der Waals surface area contributed by atoms with Crippen LogP contribution in [-0.2, 0) is 0 Å². The van der Waals surface area contributed by atoms with Gasteiger partial charge in [-0.25, -0.2) is 8.78 Å². The third-order valence-electron chi connectivity index (χ3n) is 4.63. The van der Waals surface area contributed by atoms with Crippen LogP contribution in [0.15, 0.2) is 0 Å². The molecule has 21 heavy (non-hydrogen) atoms. The first-order chi connectivity index (χ1) is 9.90. The van der Waals surface area contributed by atoms with Crippen molar-refractivity contribution in [3.63, 3.8) is 0 Å². The fourth-order valence-corrected chi connectivity index (χ4v) is 3.64. The lowest BCUT2D eigenvalue weighted by Crippen LogP contribution is -2.53. The van der Waals surface area contributed by atoms with Crippen LogP contribution < -0.4 is 5.32 Å². The Bertz CT molecular complexity index is 287. The number of nitrogens with zero attached hydrogens (tertiary/aromatic N) is 1. The number of nitrogens with one attached hydrogen (secondary N) is 1. The number of aliphatic hydroxyl groups excluding tert-OH is 1. The van der Waals surface area contributed by atoms with Crippen LogP contribution in [0.25, 0.3) is 0 Å². The van der Waals surface area contributed by atoms with Crippen LogP contribution in [0, 0.1) is 11.3 Å². The number of hydrogen-bond acceptors (Lipinski definition) is 3. The van der Waals surface area contributed by atoms with Crippen molar-refractivity contribution in [2.24, 2.45) is 11.3 Å². The highest BCUT2D eigenvalue weighted by Crippen LogP contribution is 2.39. The molecule has 2 N–H and O–H groups in total. The number of halogens is 2. The molecule has 0 bridgehead atoms. The van der Waals surface area contributed by atoms with Gasteiger partial charge in [0.25, 0.3) is 6.43 Å². The highest BCUT2D eigenvalue weighted by Gasteiger charge is 2.39. The molecule has 0 amide bonds. The summed E-state index contributed by atoms with van der Waals surface area (Å²) in [4.78, 5) is 1.72. The van der Waals surface area contributed by atoms with Gasteiger partial charge in [0.15, 0.2) is 0 Å².